The van der Waals surface area contributed by atoms with Crippen molar-refractivity contribution in [1.29, 1.82) is 0 Å². The van der Waals surface area contributed by atoms with Crippen molar-refractivity contribution in [3.8, 4) is 11.3 Å². The number of aryl methyl sites for hydroxylation is 2. The standard InChI is InChI=1S/C23H24N2O2S/c1-16-9-11-18(12-10-16)21-15-28-23(24-21)25(14-19-7-5-13-27-19)22(26)20-8-4-3-6-17(20)2/h3-4,6,8-12,15,19H,5,7,13-14H2,1-2H3. The number of amides is 1. The molecule has 1 amide bonds. The summed E-state index contributed by atoms with van der Waals surface area (Å²) < 4.78 is 5.81. The molecule has 2 aromatic carbocycles. The van der Waals surface area contributed by atoms with Crippen molar-refractivity contribution in [2.75, 3.05) is 18.1 Å². The van der Waals surface area contributed by atoms with Gasteiger partial charge in [-0.3, -0.25) is 9.69 Å². The molecule has 1 unspecified atom stereocenters. The van der Waals surface area contributed by atoms with Crippen molar-refractivity contribution in [1.82, 2.24) is 4.98 Å². The number of benzene rings is 2. The summed E-state index contributed by atoms with van der Waals surface area (Å²) in [5, 5.41) is 2.74. The Morgan fingerprint density at radius 3 is 2.68 bits per heavy atom. The van der Waals surface area contributed by atoms with E-state index in [-0.39, 0.29) is 12.0 Å². The summed E-state index contributed by atoms with van der Waals surface area (Å²) in [4.78, 5) is 20.0. The highest BCUT2D eigenvalue weighted by Gasteiger charge is 2.27. The topological polar surface area (TPSA) is 42.4 Å². The molecule has 4 rings (SSSR count). The van der Waals surface area contributed by atoms with Crippen LogP contribution in [-0.4, -0.2) is 30.1 Å². The number of rotatable bonds is 5. The number of aromatic nitrogens is 1. The van der Waals surface area contributed by atoms with Gasteiger partial charge in [-0.15, -0.1) is 11.3 Å². The molecule has 0 bridgehead atoms. The van der Waals surface area contributed by atoms with E-state index in [4.69, 9.17) is 9.72 Å². The van der Waals surface area contributed by atoms with Gasteiger partial charge >= 0.3 is 0 Å². The molecule has 144 valence electrons. The van der Waals surface area contributed by atoms with E-state index in [0.29, 0.717) is 12.1 Å². The summed E-state index contributed by atoms with van der Waals surface area (Å²) in [7, 11) is 0. The van der Waals surface area contributed by atoms with Crippen molar-refractivity contribution in [3.05, 3.63) is 70.6 Å². The molecule has 4 nitrogen and oxygen atoms in total. The Kier molecular flexibility index (Phi) is 5.55. The van der Waals surface area contributed by atoms with E-state index in [2.05, 4.69) is 31.2 Å². The van der Waals surface area contributed by atoms with Crippen LogP contribution in [0.25, 0.3) is 11.3 Å². The molecule has 1 aliphatic heterocycles. The van der Waals surface area contributed by atoms with Crippen LogP contribution < -0.4 is 4.90 Å². The molecule has 1 atom stereocenters. The third-order valence-electron chi connectivity index (χ3n) is 5.10. The van der Waals surface area contributed by atoms with Gasteiger partial charge < -0.3 is 4.74 Å². The first kappa shape index (κ1) is 18.8. The Balaban J connectivity index is 1.66. The second-order valence-electron chi connectivity index (χ2n) is 7.25. The van der Waals surface area contributed by atoms with Gasteiger partial charge in [-0.2, -0.15) is 0 Å². The molecular weight excluding hydrogens is 368 g/mol. The maximum Gasteiger partial charge on any atom is 0.260 e. The third-order valence-corrected chi connectivity index (χ3v) is 5.96. The minimum Gasteiger partial charge on any atom is -0.376 e. The lowest BCUT2D eigenvalue weighted by Gasteiger charge is -2.23. The Labute approximate surface area is 169 Å². The first-order chi connectivity index (χ1) is 13.6. The molecule has 5 heteroatoms. The van der Waals surface area contributed by atoms with Gasteiger partial charge in [-0.05, 0) is 38.3 Å². The fourth-order valence-electron chi connectivity index (χ4n) is 3.44. The SMILES string of the molecule is Cc1ccc(-c2csc(N(CC3CCCO3)C(=O)c3ccccc3C)n2)cc1. The molecule has 1 fully saturated rings. The summed E-state index contributed by atoms with van der Waals surface area (Å²) in [6.45, 7) is 5.34. The van der Waals surface area contributed by atoms with E-state index in [1.54, 1.807) is 4.90 Å². The van der Waals surface area contributed by atoms with Crippen LogP contribution in [0.2, 0.25) is 0 Å². The molecule has 1 saturated heterocycles. The van der Waals surface area contributed by atoms with Crippen LogP contribution in [-0.2, 0) is 4.74 Å². The molecule has 2 heterocycles. The van der Waals surface area contributed by atoms with Crippen LogP contribution in [0.1, 0.15) is 34.3 Å². The maximum absolute atomic E-state index is 13.4. The summed E-state index contributed by atoms with van der Waals surface area (Å²) in [6.07, 6.45) is 2.09. The van der Waals surface area contributed by atoms with Crippen LogP contribution in [0.4, 0.5) is 5.13 Å². The lowest BCUT2D eigenvalue weighted by molar-refractivity contribution is 0.0917. The molecule has 0 saturated carbocycles. The van der Waals surface area contributed by atoms with E-state index in [9.17, 15) is 4.79 Å². The predicted molar refractivity (Wildman–Crippen MR) is 114 cm³/mol. The normalized spacial score (nSPS) is 16.3. The van der Waals surface area contributed by atoms with Gasteiger partial charge in [0.15, 0.2) is 5.13 Å². The quantitative estimate of drug-likeness (QED) is 0.595. The number of anilines is 1. The number of hydrogen-bond donors (Lipinski definition) is 0. The molecule has 1 aromatic heterocycles. The molecule has 0 N–H and O–H groups in total. The summed E-state index contributed by atoms with van der Waals surface area (Å²) >= 11 is 1.51. The van der Waals surface area contributed by atoms with Gasteiger partial charge in [0, 0.05) is 23.1 Å². The van der Waals surface area contributed by atoms with E-state index in [1.807, 2.05) is 36.6 Å². The molecular formula is C23H24N2O2S. The van der Waals surface area contributed by atoms with Gasteiger partial charge in [-0.25, -0.2) is 4.98 Å². The van der Waals surface area contributed by atoms with E-state index in [1.165, 1.54) is 16.9 Å². The molecule has 28 heavy (non-hydrogen) atoms. The largest absolute Gasteiger partial charge is 0.376 e. The highest BCUT2D eigenvalue weighted by atomic mass is 32.1. The minimum atomic E-state index is -0.0154. The van der Waals surface area contributed by atoms with Crippen molar-refractivity contribution < 1.29 is 9.53 Å². The molecule has 1 aliphatic rings. The average Bonchev–Trinajstić information content (AvgIpc) is 3.39. The second kappa shape index (κ2) is 8.25. The van der Waals surface area contributed by atoms with Crippen molar-refractivity contribution in [2.45, 2.75) is 32.8 Å². The predicted octanol–water partition coefficient (Wildman–Crippen LogP) is 5.25. The van der Waals surface area contributed by atoms with Crippen LogP contribution in [0, 0.1) is 13.8 Å². The van der Waals surface area contributed by atoms with Gasteiger partial charge in [0.05, 0.1) is 18.3 Å². The maximum atomic E-state index is 13.4. The Morgan fingerprint density at radius 2 is 1.96 bits per heavy atom. The van der Waals surface area contributed by atoms with Crippen LogP contribution in [0.3, 0.4) is 0 Å². The number of carbonyl (C=O) groups is 1. The number of ether oxygens (including phenoxy) is 1. The molecule has 0 spiro atoms. The Hall–Kier alpha value is -2.50. The Bertz CT molecular complexity index is 959. The van der Waals surface area contributed by atoms with Crippen molar-refractivity contribution >= 4 is 22.4 Å². The zero-order chi connectivity index (χ0) is 19.5. The first-order valence-electron chi connectivity index (χ1n) is 9.63. The summed E-state index contributed by atoms with van der Waals surface area (Å²) in [6, 6.07) is 16.0. The fraction of sp³-hybridized carbons (Fsp3) is 0.304. The highest BCUT2D eigenvalue weighted by Crippen LogP contribution is 2.30. The highest BCUT2D eigenvalue weighted by molar-refractivity contribution is 7.14. The number of nitrogens with zero attached hydrogens (tertiary/aromatic N) is 2. The minimum absolute atomic E-state index is 0.0154. The van der Waals surface area contributed by atoms with Gasteiger partial charge in [0.25, 0.3) is 5.91 Å². The van der Waals surface area contributed by atoms with E-state index >= 15 is 0 Å². The average molecular weight is 393 g/mol. The van der Waals surface area contributed by atoms with Crippen molar-refractivity contribution in [3.63, 3.8) is 0 Å². The van der Waals surface area contributed by atoms with E-state index < -0.39 is 0 Å². The third kappa shape index (κ3) is 4.01. The summed E-state index contributed by atoms with van der Waals surface area (Å²) in [5.41, 5.74) is 4.87. The second-order valence-corrected chi connectivity index (χ2v) is 8.08. The number of hydrogen-bond acceptors (Lipinski definition) is 4. The van der Waals surface area contributed by atoms with Crippen LogP contribution in [0.5, 0.6) is 0 Å². The summed E-state index contributed by atoms with van der Waals surface area (Å²) in [5.74, 6) is -0.0154. The molecule has 3 aromatic rings. The zero-order valence-electron chi connectivity index (χ0n) is 16.2. The number of thiazole rings is 1. The first-order valence-corrected chi connectivity index (χ1v) is 10.5. The van der Waals surface area contributed by atoms with Crippen LogP contribution in [0.15, 0.2) is 53.9 Å². The van der Waals surface area contributed by atoms with Crippen molar-refractivity contribution in [2.24, 2.45) is 0 Å². The monoisotopic (exact) mass is 392 g/mol. The Morgan fingerprint density at radius 1 is 1.18 bits per heavy atom. The number of carbonyl (C=O) groups excluding carboxylic acids is 1. The van der Waals surface area contributed by atoms with Gasteiger partial charge in [0.2, 0.25) is 0 Å². The lowest BCUT2D eigenvalue weighted by Crippen LogP contribution is -2.37. The lowest BCUT2D eigenvalue weighted by atomic mass is 10.1. The van der Waals surface area contributed by atoms with Gasteiger partial charge in [0.1, 0.15) is 0 Å². The fourth-order valence-corrected chi connectivity index (χ4v) is 4.28. The van der Waals surface area contributed by atoms with E-state index in [0.717, 1.165) is 41.4 Å². The zero-order valence-corrected chi connectivity index (χ0v) is 17.0. The van der Waals surface area contributed by atoms with Gasteiger partial charge in [-0.1, -0.05) is 48.0 Å². The smallest absolute Gasteiger partial charge is 0.260 e. The molecule has 0 radical (unpaired) electrons. The molecule has 0 aliphatic carbocycles. The van der Waals surface area contributed by atoms with Crippen LogP contribution >= 0.6 is 11.3 Å².